The van der Waals surface area contributed by atoms with E-state index in [-0.39, 0.29) is 36.0 Å². The van der Waals surface area contributed by atoms with Crippen molar-refractivity contribution in [3.8, 4) is 0 Å². The van der Waals surface area contributed by atoms with Crippen LogP contribution >= 0.6 is 11.8 Å². The summed E-state index contributed by atoms with van der Waals surface area (Å²) in [5.74, 6) is -1.23. The lowest BCUT2D eigenvalue weighted by Gasteiger charge is -2.43. The number of thioether (sulfide) groups is 1. The third-order valence-corrected chi connectivity index (χ3v) is 9.03. The molecule has 0 bridgehead atoms. The molecule has 31 heavy (non-hydrogen) atoms. The van der Waals surface area contributed by atoms with E-state index in [4.69, 9.17) is 14.6 Å². The number of esters is 1. The summed E-state index contributed by atoms with van der Waals surface area (Å²) in [6.07, 6.45) is -3.22. The summed E-state index contributed by atoms with van der Waals surface area (Å²) in [7, 11) is -2.69. The van der Waals surface area contributed by atoms with Gasteiger partial charge in [0.15, 0.2) is 0 Å². The molecule has 1 amide bonds. The van der Waals surface area contributed by atoms with Gasteiger partial charge in [0.1, 0.15) is 11.1 Å². The summed E-state index contributed by atoms with van der Waals surface area (Å²) in [4.78, 5) is 38.9. The topological polar surface area (TPSA) is 166 Å². The summed E-state index contributed by atoms with van der Waals surface area (Å²) >= 11 is 1.28. The highest BCUT2D eigenvalue weighted by Crippen LogP contribution is 2.84. The largest absolute Gasteiger partial charge is 0.511 e. The first-order chi connectivity index (χ1) is 14.3. The Morgan fingerprint density at radius 3 is 2.42 bits per heavy atom. The summed E-state index contributed by atoms with van der Waals surface area (Å²) in [5, 5.41) is 15.3. The SMILES string of the molecule is COC(=O)OC(C)OC(=O)C1=C(SC2CN(S(N)(=O)=O)C2)C2(C)C3N1C(=O)C32C(C)O. The van der Waals surface area contributed by atoms with Gasteiger partial charge in [0.05, 0.1) is 19.3 Å². The predicted molar refractivity (Wildman–Crippen MR) is 105 cm³/mol. The van der Waals surface area contributed by atoms with Gasteiger partial charge >= 0.3 is 12.1 Å². The van der Waals surface area contributed by atoms with Gasteiger partial charge in [-0.1, -0.05) is 6.92 Å². The van der Waals surface area contributed by atoms with Crippen LogP contribution in [0.4, 0.5) is 4.79 Å². The second kappa shape index (κ2) is 6.81. The number of nitrogens with zero attached hydrogens (tertiary/aromatic N) is 2. The Balaban J connectivity index is 1.60. The normalized spacial score (nSPS) is 33.8. The van der Waals surface area contributed by atoms with Gasteiger partial charge in [-0.05, 0) is 6.92 Å². The molecular weight excluding hydrogens is 454 g/mol. The minimum Gasteiger partial charge on any atom is -0.438 e. The molecule has 0 aromatic rings. The zero-order valence-corrected chi connectivity index (χ0v) is 18.9. The molecule has 1 saturated carbocycles. The Labute approximate surface area is 182 Å². The summed E-state index contributed by atoms with van der Waals surface area (Å²) in [6.45, 7) is 4.99. The number of aliphatic hydroxyl groups is 1. The van der Waals surface area contributed by atoms with Gasteiger partial charge in [-0.3, -0.25) is 9.69 Å². The van der Waals surface area contributed by atoms with Crippen molar-refractivity contribution in [1.29, 1.82) is 0 Å². The van der Waals surface area contributed by atoms with Gasteiger partial charge in [0.25, 0.3) is 10.2 Å². The molecule has 0 spiro atoms. The van der Waals surface area contributed by atoms with Crippen molar-refractivity contribution in [3.63, 3.8) is 0 Å². The molecule has 3 fully saturated rings. The molecule has 172 valence electrons. The molecule has 12 nitrogen and oxygen atoms in total. The smallest absolute Gasteiger partial charge is 0.438 e. The summed E-state index contributed by atoms with van der Waals surface area (Å²) in [6, 6.07) is -0.385. The van der Waals surface area contributed by atoms with Crippen LogP contribution in [-0.2, 0) is 34.0 Å². The van der Waals surface area contributed by atoms with Crippen LogP contribution in [0, 0.1) is 10.8 Å². The van der Waals surface area contributed by atoms with Crippen LogP contribution in [-0.4, -0.2) is 84.6 Å². The van der Waals surface area contributed by atoms with Crippen molar-refractivity contribution >= 4 is 40.0 Å². The Morgan fingerprint density at radius 2 is 1.90 bits per heavy atom. The fourth-order valence-electron chi connectivity index (χ4n) is 5.05. The highest BCUT2D eigenvalue weighted by Gasteiger charge is 2.95. The number of nitrogens with two attached hydrogens (primary N) is 1. The number of ether oxygens (including phenoxy) is 3. The lowest BCUT2D eigenvalue weighted by molar-refractivity contribution is -0.171. The first-order valence-corrected chi connectivity index (χ1v) is 11.9. The van der Waals surface area contributed by atoms with E-state index in [1.165, 1.54) is 30.5 Å². The van der Waals surface area contributed by atoms with E-state index in [9.17, 15) is 27.9 Å². The molecular formula is C17H23N3O9S2. The van der Waals surface area contributed by atoms with Crippen molar-refractivity contribution in [2.75, 3.05) is 20.2 Å². The quantitative estimate of drug-likeness (QED) is 0.267. The minimum absolute atomic E-state index is 0.0272. The molecule has 3 heterocycles. The van der Waals surface area contributed by atoms with Gasteiger partial charge in [-0.25, -0.2) is 14.7 Å². The zero-order valence-electron chi connectivity index (χ0n) is 17.2. The van der Waals surface area contributed by atoms with Gasteiger partial charge in [0, 0.05) is 35.6 Å². The fourth-order valence-corrected chi connectivity index (χ4v) is 7.67. The standard InChI is InChI=1S/C17H23N3O9S2/c1-7(21)17-13-16(17,3)11(30-9-5-19(6-9)31(18,25)26)10(20(13)14(17)23)12(22)28-8(2)29-15(24)27-4/h7-9,13,21H,5-6H2,1-4H3,(H2,18,25,26). The molecule has 0 aromatic heterocycles. The average molecular weight is 478 g/mol. The van der Waals surface area contributed by atoms with Crippen LogP contribution in [0.2, 0.25) is 0 Å². The first kappa shape index (κ1) is 22.3. The molecule has 2 saturated heterocycles. The number of hydrogen-bond donors (Lipinski definition) is 2. The number of carbonyl (C=O) groups excluding carboxylic acids is 3. The number of hydrogen-bond acceptors (Lipinski definition) is 10. The van der Waals surface area contributed by atoms with E-state index in [0.717, 1.165) is 11.4 Å². The Bertz CT molecular complexity index is 1010. The van der Waals surface area contributed by atoms with Crippen molar-refractivity contribution in [2.45, 2.75) is 44.5 Å². The van der Waals surface area contributed by atoms with E-state index in [1.807, 2.05) is 0 Å². The molecule has 14 heteroatoms. The maximum Gasteiger partial charge on any atom is 0.511 e. The lowest BCUT2D eigenvalue weighted by Crippen LogP contribution is -2.58. The van der Waals surface area contributed by atoms with Gasteiger partial charge in [0.2, 0.25) is 12.2 Å². The molecule has 0 aromatic carbocycles. The number of β-lactam (4-membered cyclic amide) rings is 1. The lowest BCUT2D eigenvalue weighted by atomic mass is 9.82. The average Bonchev–Trinajstić information content (AvgIpc) is 3.02. The van der Waals surface area contributed by atoms with Gasteiger partial charge in [-0.15, -0.1) is 11.8 Å². The van der Waals surface area contributed by atoms with Crippen LogP contribution in [0.1, 0.15) is 20.8 Å². The van der Waals surface area contributed by atoms with Crippen molar-refractivity contribution in [2.24, 2.45) is 16.0 Å². The number of methoxy groups -OCH3 is 1. The maximum absolute atomic E-state index is 12.9. The van der Waals surface area contributed by atoms with E-state index in [2.05, 4.69) is 4.74 Å². The molecule has 5 unspecified atom stereocenters. The molecule has 0 radical (unpaired) electrons. The Kier molecular flexibility index (Phi) is 4.91. The summed E-state index contributed by atoms with van der Waals surface area (Å²) < 4.78 is 38.3. The van der Waals surface area contributed by atoms with Crippen LogP contribution in [0.15, 0.2) is 10.6 Å². The first-order valence-electron chi connectivity index (χ1n) is 9.48. The maximum atomic E-state index is 12.9. The van der Waals surface area contributed by atoms with E-state index in [0.29, 0.717) is 4.91 Å². The molecule has 4 rings (SSSR count). The van der Waals surface area contributed by atoms with Gasteiger partial charge < -0.3 is 19.3 Å². The monoisotopic (exact) mass is 477 g/mol. The number of aliphatic hydroxyl groups excluding tert-OH is 1. The van der Waals surface area contributed by atoms with Crippen LogP contribution in [0.25, 0.3) is 0 Å². The zero-order chi connectivity index (χ0) is 23.1. The Morgan fingerprint density at radius 1 is 1.29 bits per heavy atom. The van der Waals surface area contributed by atoms with Crippen LogP contribution < -0.4 is 5.14 Å². The van der Waals surface area contributed by atoms with Crippen molar-refractivity contribution in [3.05, 3.63) is 10.6 Å². The third-order valence-electron chi connectivity index (χ3n) is 6.53. The molecule has 3 aliphatic heterocycles. The number of amides is 1. The van der Waals surface area contributed by atoms with E-state index in [1.54, 1.807) is 6.92 Å². The van der Waals surface area contributed by atoms with E-state index >= 15 is 0 Å². The third kappa shape index (κ3) is 2.78. The Hall–Kier alpha value is -1.87. The molecule has 1 aliphatic carbocycles. The molecule has 3 N–H and O–H groups in total. The van der Waals surface area contributed by atoms with E-state index < -0.39 is 45.6 Å². The fraction of sp³-hybridized carbons (Fsp3) is 0.706. The second-order valence-corrected chi connectivity index (χ2v) is 11.0. The highest BCUT2D eigenvalue weighted by molar-refractivity contribution is 8.04. The second-order valence-electron chi connectivity index (χ2n) is 8.15. The van der Waals surface area contributed by atoms with Gasteiger partial charge in [-0.2, -0.15) is 12.7 Å². The van der Waals surface area contributed by atoms with Crippen molar-refractivity contribution in [1.82, 2.24) is 9.21 Å². The number of rotatable bonds is 7. The highest BCUT2D eigenvalue weighted by atomic mass is 32.2. The number of carbonyl (C=O) groups is 3. The molecule has 4 aliphatic rings. The minimum atomic E-state index is -3.80. The predicted octanol–water partition coefficient (Wildman–Crippen LogP) is -0.897. The molecule has 5 atom stereocenters. The van der Waals surface area contributed by atoms with Crippen LogP contribution in [0.3, 0.4) is 0 Å². The summed E-state index contributed by atoms with van der Waals surface area (Å²) in [5.41, 5.74) is -1.78. The van der Waals surface area contributed by atoms with Crippen molar-refractivity contribution < 1.29 is 42.1 Å². The van der Waals surface area contributed by atoms with Crippen LogP contribution in [0.5, 0.6) is 0 Å². The number of fused-ring (bicyclic) bond motifs is 1.